The second-order valence-electron chi connectivity index (χ2n) is 7.93. The van der Waals surface area contributed by atoms with Crippen molar-refractivity contribution in [2.45, 2.75) is 24.5 Å². The summed E-state index contributed by atoms with van der Waals surface area (Å²) < 4.78 is 33.6. The molecule has 5 nitrogen and oxygen atoms in total. The number of nitrogens with zero attached hydrogens (tertiary/aromatic N) is 2. The summed E-state index contributed by atoms with van der Waals surface area (Å²) in [5.74, 6) is -0.567. The van der Waals surface area contributed by atoms with Crippen molar-refractivity contribution in [2.24, 2.45) is 11.8 Å². The minimum Gasteiger partial charge on any atom is -0.369 e. The van der Waals surface area contributed by atoms with Gasteiger partial charge in [-0.1, -0.05) is 6.07 Å². The number of benzene rings is 1. The SMILES string of the molecule is O=C(NC[C@H]1[C@H]2CN(c3ccccn3)C[C@]23CC[C@H]1O3)c1cc(F)ccc1F. The molecule has 7 heteroatoms. The van der Waals surface area contributed by atoms with E-state index in [0.29, 0.717) is 6.54 Å². The summed E-state index contributed by atoms with van der Waals surface area (Å²) in [4.78, 5) is 19.1. The molecule has 0 saturated carbocycles. The van der Waals surface area contributed by atoms with E-state index in [2.05, 4.69) is 15.2 Å². The van der Waals surface area contributed by atoms with Gasteiger partial charge in [0.2, 0.25) is 0 Å². The van der Waals surface area contributed by atoms with Crippen LogP contribution >= 0.6 is 0 Å². The average Bonchev–Trinajstić information content (AvgIpc) is 3.37. The summed E-state index contributed by atoms with van der Waals surface area (Å²) in [5.41, 5.74) is -0.456. The summed E-state index contributed by atoms with van der Waals surface area (Å²) in [5, 5.41) is 2.80. The predicted octanol–water partition coefficient (Wildman–Crippen LogP) is 2.77. The third kappa shape index (κ3) is 2.76. The highest BCUT2D eigenvalue weighted by molar-refractivity contribution is 5.94. The van der Waals surface area contributed by atoms with Crippen LogP contribution in [0.2, 0.25) is 0 Å². The first-order valence-electron chi connectivity index (χ1n) is 9.63. The van der Waals surface area contributed by atoms with Gasteiger partial charge in [0.1, 0.15) is 17.5 Å². The highest BCUT2D eigenvalue weighted by Crippen LogP contribution is 2.55. The predicted molar refractivity (Wildman–Crippen MR) is 99.0 cm³/mol. The van der Waals surface area contributed by atoms with E-state index in [4.69, 9.17) is 4.74 Å². The number of rotatable bonds is 4. The molecule has 4 atom stereocenters. The molecule has 2 aromatic rings. The number of hydrogen-bond acceptors (Lipinski definition) is 4. The van der Waals surface area contributed by atoms with Crippen LogP contribution in [-0.2, 0) is 4.74 Å². The molecule has 0 unspecified atom stereocenters. The molecule has 3 saturated heterocycles. The number of aromatic nitrogens is 1. The quantitative estimate of drug-likeness (QED) is 0.880. The summed E-state index contributed by atoms with van der Waals surface area (Å²) in [6.07, 6.45) is 3.86. The van der Waals surface area contributed by atoms with Crippen molar-refractivity contribution in [3.05, 3.63) is 59.8 Å². The van der Waals surface area contributed by atoms with Crippen molar-refractivity contribution in [1.29, 1.82) is 0 Å². The number of amides is 1. The van der Waals surface area contributed by atoms with Gasteiger partial charge in [-0.3, -0.25) is 4.79 Å². The molecule has 1 amide bonds. The molecule has 1 aromatic carbocycles. The van der Waals surface area contributed by atoms with Crippen LogP contribution < -0.4 is 10.2 Å². The van der Waals surface area contributed by atoms with Crippen LogP contribution in [-0.4, -0.2) is 42.2 Å². The number of nitrogens with one attached hydrogen (secondary N) is 1. The zero-order valence-electron chi connectivity index (χ0n) is 15.3. The first-order chi connectivity index (χ1) is 13.6. The average molecular weight is 385 g/mol. The van der Waals surface area contributed by atoms with Crippen molar-refractivity contribution in [1.82, 2.24) is 10.3 Å². The van der Waals surface area contributed by atoms with E-state index < -0.39 is 17.5 Å². The molecule has 2 bridgehead atoms. The first kappa shape index (κ1) is 17.6. The number of halogens is 2. The van der Waals surface area contributed by atoms with E-state index in [9.17, 15) is 13.6 Å². The first-order valence-corrected chi connectivity index (χ1v) is 9.63. The van der Waals surface area contributed by atoms with Gasteiger partial charge >= 0.3 is 0 Å². The normalized spacial score (nSPS) is 30.5. The second-order valence-corrected chi connectivity index (χ2v) is 7.93. The van der Waals surface area contributed by atoms with Crippen LogP contribution in [0.5, 0.6) is 0 Å². The molecule has 4 heterocycles. The Morgan fingerprint density at radius 1 is 1.32 bits per heavy atom. The van der Waals surface area contributed by atoms with Crippen LogP contribution in [0.15, 0.2) is 42.6 Å². The largest absolute Gasteiger partial charge is 0.369 e. The Morgan fingerprint density at radius 2 is 2.21 bits per heavy atom. The van der Waals surface area contributed by atoms with Crippen LogP contribution in [0.4, 0.5) is 14.6 Å². The summed E-state index contributed by atoms with van der Waals surface area (Å²) >= 11 is 0. The van der Waals surface area contributed by atoms with E-state index >= 15 is 0 Å². The van der Waals surface area contributed by atoms with Gasteiger partial charge in [-0.2, -0.15) is 0 Å². The van der Waals surface area contributed by atoms with Crippen molar-refractivity contribution in [3.63, 3.8) is 0 Å². The number of carbonyl (C=O) groups is 1. The molecular formula is C21H21F2N3O2. The lowest BCUT2D eigenvalue weighted by molar-refractivity contribution is 0.0141. The Morgan fingerprint density at radius 3 is 3.04 bits per heavy atom. The maximum Gasteiger partial charge on any atom is 0.254 e. The fourth-order valence-electron chi connectivity index (χ4n) is 5.16. The van der Waals surface area contributed by atoms with Crippen LogP contribution in [0.3, 0.4) is 0 Å². The molecule has 0 radical (unpaired) electrons. The molecule has 5 rings (SSSR count). The molecule has 3 aliphatic heterocycles. The fourth-order valence-corrected chi connectivity index (χ4v) is 5.16. The van der Waals surface area contributed by atoms with Gasteiger partial charge in [0, 0.05) is 37.7 Å². The van der Waals surface area contributed by atoms with E-state index in [1.807, 2.05) is 18.2 Å². The van der Waals surface area contributed by atoms with E-state index in [0.717, 1.165) is 49.9 Å². The maximum atomic E-state index is 13.9. The lowest BCUT2D eigenvalue weighted by Gasteiger charge is -2.29. The van der Waals surface area contributed by atoms with Crippen molar-refractivity contribution < 1.29 is 18.3 Å². The van der Waals surface area contributed by atoms with E-state index in [-0.39, 0.29) is 29.1 Å². The minimum atomic E-state index is -0.721. The van der Waals surface area contributed by atoms with Crippen molar-refractivity contribution >= 4 is 11.7 Å². The number of pyridine rings is 1. The van der Waals surface area contributed by atoms with Gasteiger partial charge in [0.15, 0.2) is 0 Å². The Kier molecular flexibility index (Phi) is 4.08. The molecule has 3 fully saturated rings. The van der Waals surface area contributed by atoms with Crippen LogP contribution in [0.1, 0.15) is 23.2 Å². The van der Waals surface area contributed by atoms with Gasteiger partial charge in [-0.05, 0) is 43.2 Å². The topological polar surface area (TPSA) is 54.5 Å². The van der Waals surface area contributed by atoms with Crippen molar-refractivity contribution in [2.75, 3.05) is 24.5 Å². The highest BCUT2D eigenvalue weighted by Gasteiger charge is 2.63. The Balaban J connectivity index is 1.30. The second kappa shape index (κ2) is 6.51. The zero-order valence-corrected chi connectivity index (χ0v) is 15.3. The molecule has 28 heavy (non-hydrogen) atoms. The Labute approximate surface area is 161 Å². The van der Waals surface area contributed by atoms with Crippen molar-refractivity contribution in [3.8, 4) is 0 Å². The highest BCUT2D eigenvalue weighted by atomic mass is 19.1. The molecule has 3 aliphatic rings. The summed E-state index contributed by atoms with van der Waals surface area (Å²) in [6.45, 7) is 2.01. The molecule has 0 aliphatic carbocycles. The molecule has 1 aromatic heterocycles. The van der Waals surface area contributed by atoms with E-state index in [1.165, 1.54) is 0 Å². The van der Waals surface area contributed by atoms with Crippen LogP contribution in [0.25, 0.3) is 0 Å². The molecule has 1 spiro atoms. The van der Waals surface area contributed by atoms with Gasteiger partial charge in [-0.15, -0.1) is 0 Å². The van der Waals surface area contributed by atoms with Gasteiger partial charge in [0.25, 0.3) is 5.91 Å². The lowest BCUT2D eigenvalue weighted by Crippen LogP contribution is -2.42. The monoisotopic (exact) mass is 385 g/mol. The summed E-state index contributed by atoms with van der Waals surface area (Å²) in [6, 6.07) is 8.77. The Bertz CT molecular complexity index is 910. The number of ether oxygens (including phenoxy) is 1. The van der Waals surface area contributed by atoms with Gasteiger partial charge in [-0.25, -0.2) is 13.8 Å². The molecule has 146 valence electrons. The maximum absolute atomic E-state index is 13.9. The smallest absolute Gasteiger partial charge is 0.254 e. The number of fused-ring (bicyclic) bond motifs is 1. The third-order valence-corrected chi connectivity index (χ3v) is 6.43. The summed E-state index contributed by atoms with van der Waals surface area (Å²) in [7, 11) is 0. The van der Waals surface area contributed by atoms with Gasteiger partial charge in [0.05, 0.1) is 17.3 Å². The standard InChI is InChI=1S/C21H21F2N3O2/c22-13-4-5-17(23)14(9-13)20(27)25-10-15-16-11-26(19-3-1-2-8-24-19)12-21(16)7-6-18(15)28-21/h1-5,8-9,15-16,18H,6-7,10-12H2,(H,25,27)/t15-,16+,18+,21+/m0/s1. The van der Waals surface area contributed by atoms with Gasteiger partial charge < -0.3 is 15.0 Å². The van der Waals surface area contributed by atoms with Crippen LogP contribution in [0, 0.1) is 23.5 Å². The number of carbonyl (C=O) groups excluding carboxylic acids is 1. The number of hydrogen-bond donors (Lipinski definition) is 1. The minimum absolute atomic E-state index is 0.105. The lowest BCUT2D eigenvalue weighted by atomic mass is 9.73. The molecular weight excluding hydrogens is 364 g/mol. The Hall–Kier alpha value is -2.54. The number of anilines is 1. The fraction of sp³-hybridized carbons (Fsp3) is 0.429. The van der Waals surface area contributed by atoms with E-state index in [1.54, 1.807) is 6.20 Å². The molecule has 1 N–H and O–H groups in total. The third-order valence-electron chi connectivity index (χ3n) is 6.43. The zero-order chi connectivity index (χ0) is 19.3.